The highest BCUT2D eigenvalue weighted by Crippen LogP contribution is 2.01. The standard InChI is InChI=1S/C23H39NO2/c1-3-4-5-6-7-8-9-10-11-12-13-14-15-16-17-18-19-20-23(25)24-21-22-26-2/h7-8,10-11,13-14,16-17H,3-6,9,12,15,18-22H2,1-2H3,(H,24,25)/b8-7-,11-10-,14-13-,17-16-. The van der Waals surface area contributed by atoms with E-state index in [0.29, 0.717) is 19.6 Å². The van der Waals surface area contributed by atoms with Gasteiger partial charge in [-0.1, -0.05) is 68.4 Å². The van der Waals surface area contributed by atoms with Crippen molar-refractivity contribution >= 4 is 5.91 Å². The number of hydrogen-bond acceptors (Lipinski definition) is 2. The summed E-state index contributed by atoms with van der Waals surface area (Å²) in [6, 6.07) is 0. The molecule has 148 valence electrons. The average molecular weight is 362 g/mol. The van der Waals surface area contributed by atoms with E-state index in [1.807, 2.05) is 0 Å². The molecule has 0 radical (unpaired) electrons. The zero-order valence-electron chi connectivity index (χ0n) is 16.9. The molecule has 0 aliphatic rings. The number of allylic oxidation sites excluding steroid dienone is 8. The fraction of sp³-hybridized carbons (Fsp3) is 0.609. The molecule has 0 unspecified atom stereocenters. The highest BCUT2D eigenvalue weighted by atomic mass is 16.5. The van der Waals surface area contributed by atoms with Crippen molar-refractivity contribution in [3.05, 3.63) is 48.6 Å². The SMILES string of the molecule is CCCCC/C=C\C/C=C\C/C=C\C/C=C\CCCC(=O)NCCOC. The number of carbonyl (C=O) groups excluding carboxylic acids is 1. The van der Waals surface area contributed by atoms with Crippen molar-refractivity contribution in [1.29, 1.82) is 0 Å². The molecule has 0 aliphatic heterocycles. The summed E-state index contributed by atoms with van der Waals surface area (Å²) >= 11 is 0. The largest absolute Gasteiger partial charge is 0.383 e. The van der Waals surface area contributed by atoms with Gasteiger partial charge < -0.3 is 10.1 Å². The number of nitrogens with one attached hydrogen (secondary N) is 1. The maximum atomic E-state index is 11.5. The fourth-order valence-electron chi connectivity index (χ4n) is 2.32. The summed E-state index contributed by atoms with van der Waals surface area (Å²) in [5.74, 6) is 0.109. The molecule has 3 heteroatoms. The molecular formula is C23H39NO2. The van der Waals surface area contributed by atoms with Crippen LogP contribution in [-0.2, 0) is 9.53 Å². The van der Waals surface area contributed by atoms with Crippen molar-refractivity contribution in [3.63, 3.8) is 0 Å². The van der Waals surface area contributed by atoms with Crippen LogP contribution in [0.4, 0.5) is 0 Å². The third kappa shape index (κ3) is 20.4. The van der Waals surface area contributed by atoms with Crippen molar-refractivity contribution in [1.82, 2.24) is 5.32 Å². The second-order valence-electron chi connectivity index (χ2n) is 6.32. The summed E-state index contributed by atoms with van der Waals surface area (Å²) in [4.78, 5) is 11.5. The quantitative estimate of drug-likeness (QED) is 0.259. The Kier molecular flexibility index (Phi) is 20.1. The Labute approximate surface area is 161 Å². The molecule has 1 amide bonds. The molecule has 0 bridgehead atoms. The van der Waals surface area contributed by atoms with Gasteiger partial charge in [0.2, 0.25) is 5.91 Å². The van der Waals surface area contributed by atoms with Crippen molar-refractivity contribution in [2.24, 2.45) is 0 Å². The van der Waals surface area contributed by atoms with Gasteiger partial charge in [-0.3, -0.25) is 4.79 Å². The van der Waals surface area contributed by atoms with Crippen LogP contribution in [0.2, 0.25) is 0 Å². The first-order chi connectivity index (χ1) is 12.8. The highest BCUT2D eigenvalue weighted by molar-refractivity contribution is 5.75. The van der Waals surface area contributed by atoms with Gasteiger partial charge in [0.05, 0.1) is 6.61 Å². The predicted octanol–water partition coefficient (Wildman–Crippen LogP) is 5.89. The number of unbranched alkanes of at least 4 members (excludes halogenated alkanes) is 4. The van der Waals surface area contributed by atoms with Gasteiger partial charge in [0.25, 0.3) is 0 Å². The van der Waals surface area contributed by atoms with Crippen LogP contribution in [0.25, 0.3) is 0 Å². The molecule has 0 fully saturated rings. The number of ether oxygens (including phenoxy) is 1. The molecule has 0 aromatic rings. The van der Waals surface area contributed by atoms with E-state index in [2.05, 4.69) is 60.8 Å². The molecule has 0 atom stereocenters. The molecular weight excluding hydrogens is 322 g/mol. The lowest BCUT2D eigenvalue weighted by Gasteiger charge is -2.02. The molecule has 0 spiro atoms. The Morgan fingerprint density at radius 1 is 0.808 bits per heavy atom. The summed E-state index contributed by atoms with van der Waals surface area (Å²) in [5, 5.41) is 2.83. The second kappa shape index (κ2) is 21.4. The maximum absolute atomic E-state index is 11.5. The highest BCUT2D eigenvalue weighted by Gasteiger charge is 1.98. The van der Waals surface area contributed by atoms with E-state index >= 15 is 0 Å². The first-order valence-electron chi connectivity index (χ1n) is 10.2. The third-order valence-corrected chi connectivity index (χ3v) is 3.86. The van der Waals surface area contributed by atoms with Crippen LogP contribution >= 0.6 is 0 Å². The number of carbonyl (C=O) groups is 1. The average Bonchev–Trinajstić information content (AvgIpc) is 2.64. The molecule has 0 heterocycles. The van der Waals surface area contributed by atoms with Crippen LogP contribution < -0.4 is 5.32 Å². The molecule has 0 aromatic carbocycles. The van der Waals surface area contributed by atoms with Gasteiger partial charge >= 0.3 is 0 Å². The number of amides is 1. The van der Waals surface area contributed by atoms with Crippen LogP contribution in [-0.4, -0.2) is 26.2 Å². The molecule has 26 heavy (non-hydrogen) atoms. The Hall–Kier alpha value is -1.61. The minimum Gasteiger partial charge on any atom is -0.383 e. The van der Waals surface area contributed by atoms with E-state index in [0.717, 1.165) is 32.1 Å². The predicted molar refractivity (Wildman–Crippen MR) is 113 cm³/mol. The lowest BCUT2D eigenvalue weighted by molar-refractivity contribution is -0.121. The van der Waals surface area contributed by atoms with E-state index in [-0.39, 0.29) is 5.91 Å². The minimum absolute atomic E-state index is 0.109. The minimum atomic E-state index is 0.109. The summed E-state index contributed by atoms with van der Waals surface area (Å²) in [7, 11) is 1.63. The Bertz CT molecular complexity index is 422. The number of hydrogen-bond donors (Lipinski definition) is 1. The lowest BCUT2D eigenvalue weighted by atomic mass is 10.2. The summed E-state index contributed by atoms with van der Waals surface area (Å²) in [6.07, 6.45) is 28.3. The zero-order valence-corrected chi connectivity index (χ0v) is 16.9. The van der Waals surface area contributed by atoms with E-state index in [4.69, 9.17) is 4.74 Å². The Morgan fingerprint density at radius 2 is 1.35 bits per heavy atom. The van der Waals surface area contributed by atoms with Crippen LogP contribution in [0.5, 0.6) is 0 Å². The van der Waals surface area contributed by atoms with Gasteiger partial charge in [-0.25, -0.2) is 0 Å². The van der Waals surface area contributed by atoms with Crippen LogP contribution in [0, 0.1) is 0 Å². The molecule has 1 N–H and O–H groups in total. The van der Waals surface area contributed by atoms with Crippen LogP contribution in [0.3, 0.4) is 0 Å². The first kappa shape index (κ1) is 24.4. The number of rotatable bonds is 17. The smallest absolute Gasteiger partial charge is 0.220 e. The van der Waals surface area contributed by atoms with Crippen LogP contribution in [0.1, 0.15) is 71.1 Å². The summed E-state index contributed by atoms with van der Waals surface area (Å²) in [6.45, 7) is 3.41. The van der Waals surface area contributed by atoms with Crippen molar-refractivity contribution < 1.29 is 9.53 Å². The van der Waals surface area contributed by atoms with Crippen molar-refractivity contribution in [3.8, 4) is 0 Å². The Balaban J connectivity index is 3.44. The van der Waals surface area contributed by atoms with Gasteiger partial charge in [-0.2, -0.15) is 0 Å². The van der Waals surface area contributed by atoms with E-state index in [1.165, 1.54) is 25.7 Å². The fourth-order valence-corrected chi connectivity index (χ4v) is 2.32. The molecule has 0 aromatic heterocycles. The molecule has 0 saturated heterocycles. The summed E-state index contributed by atoms with van der Waals surface area (Å²) in [5.41, 5.74) is 0. The third-order valence-electron chi connectivity index (χ3n) is 3.86. The van der Waals surface area contributed by atoms with Gasteiger partial charge in [0.1, 0.15) is 0 Å². The van der Waals surface area contributed by atoms with Crippen molar-refractivity contribution in [2.45, 2.75) is 71.1 Å². The van der Waals surface area contributed by atoms with Gasteiger partial charge in [-0.05, 0) is 44.9 Å². The molecule has 3 nitrogen and oxygen atoms in total. The maximum Gasteiger partial charge on any atom is 0.220 e. The van der Waals surface area contributed by atoms with Crippen LogP contribution in [0.15, 0.2) is 48.6 Å². The van der Waals surface area contributed by atoms with Crippen molar-refractivity contribution in [2.75, 3.05) is 20.3 Å². The lowest BCUT2D eigenvalue weighted by Crippen LogP contribution is -2.26. The van der Waals surface area contributed by atoms with E-state index in [9.17, 15) is 4.79 Å². The van der Waals surface area contributed by atoms with Gasteiger partial charge in [0.15, 0.2) is 0 Å². The molecule has 0 rings (SSSR count). The summed E-state index contributed by atoms with van der Waals surface area (Å²) < 4.78 is 4.89. The van der Waals surface area contributed by atoms with Gasteiger partial charge in [0, 0.05) is 20.1 Å². The van der Waals surface area contributed by atoms with Gasteiger partial charge in [-0.15, -0.1) is 0 Å². The monoisotopic (exact) mass is 361 g/mol. The topological polar surface area (TPSA) is 38.3 Å². The van der Waals surface area contributed by atoms with E-state index < -0.39 is 0 Å². The zero-order chi connectivity index (χ0) is 19.1. The molecule has 0 saturated carbocycles. The second-order valence-corrected chi connectivity index (χ2v) is 6.32. The van der Waals surface area contributed by atoms with E-state index in [1.54, 1.807) is 7.11 Å². The Morgan fingerprint density at radius 3 is 1.88 bits per heavy atom. The first-order valence-corrected chi connectivity index (χ1v) is 10.2. The normalized spacial score (nSPS) is 12.2. The molecule has 0 aliphatic carbocycles. The number of methoxy groups -OCH3 is 1.